The third-order valence-corrected chi connectivity index (χ3v) is 4.02. The fraction of sp³-hybridized carbons (Fsp3) is 0.562. The number of rotatable bonds is 2. The van der Waals surface area contributed by atoms with Crippen LogP contribution >= 0.6 is 0 Å². The highest BCUT2D eigenvalue weighted by Gasteiger charge is 2.28. The maximum atomic E-state index is 12.8. The molecule has 1 saturated heterocycles. The fourth-order valence-electron chi connectivity index (χ4n) is 2.82. The van der Waals surface area contributed by atoms with Crippen LogP contribution < -0.4 is 0 Å². The standard InChI is InChI=1S/C16H24N2O/c1-12-6-7-14(13(2)10-12)16(19)15-11-17(3)8-5-9-18(15)4/h6-7,10,15H,5,8-9,11H2,1-4H3. The van der Waals surface area contributed by atoms with Crippen LogP contribution in [0.1, 0.15) is 27.9 Å². The highest BCUT2D eigenvalue weighted by Crippen LogP contribution is 2.17. The minimum Gasteiger partial charge on any atom is -0.304 e. The van der Waals surface area contributed by atoms with Crippen molar-refractivity contribution in [3.8, 4) is 0 Å². The van der Waals surface area contributed by atoms with E-state index in [0.29, 0.717) is 0 Å². The number of aryl methyl sites for hydroxylation is 2. The Bertz CT molecular complexity index is 470. The fourth-order valence-corrected chi connectivity index (χ4v) is 2.82. The average molecular weight is 260 g/mol. The number of carbonyl (C=O) groups excluding carboxylic acids is 1. The minimum absolute atomic E-state index is 0.0195. The number of benzene rings is 1. The van der Waals surface area contributed by atoms with Gasteiger partial charge in [0.15, 0.2) is 5.78 Å². The Balaban J connectivity index is 2.26. The van der Waals surface area contributed by atoms with Gasteiger partial charge in [-0.3, -0.25) is 9.69 Å². The van der Waals surface area contributed by atoms with Crippen LogP contribution in [0.3, 0.4) is 0 Å². The maximum Gasteiger partial charge on any atom is 0.181 e. The molecule has 0 saturated carbocycles. The van der Waals surface area contributed by atoms with Gasteiger partial charge in [-0.1, -0.05) is 23.8 Å². The van der Waals surface area contributed by atoms with E-state index >= 15 is 0 Å². The molecule has 1 unspecified atom stereocenters. The summed E-state index contributed by atoms with van der Waals surface area (Å²) in [5, 5.41) is 0. The van der Waals surface area contributed by atoms with Crippen molar-refractivity contribution >= 4 is 5.78 Å². The highest BCUT2D eigenvalue weighted by molar-refractivity contribution is 6.01. The van der Waals surface area contributed by atoms with Crippen LogP contribution in [-0.4, -0.2) is 55.4 Å². The third-order valence-electron chi connectivity index (χ3n) is 4.02. The first-order valence-corrected chi connectivity index (χ1v) is 6.99. The molecule has 3 nitrogen and oxygen atoms in total. The number of Topliss-reactive ketones (excluding diaryl/α,β-unsaturated/α-hetero) is 1. The molecule has 0 N–H and O–H groups in total. The molecule has 1 heterocycles. The number of hydrogen-bond donors (Lipinski definition) is 0. The van der Waals surface area contributed by atoms with Gasteiger partial charge in [-0.05, 0) is 53.0 Å². The van der Waals surface area contributed by atoms with Gasteiger partial charge < -0.3 is 4.90 Å². The normalized spacial score (nSPS) is 22.2. The van der Waals surface area contributed by atoms with Crippen LogP contribution in [0.25, 0.3) is 0 Å². The molecule has 3 heteroatoms. The Morgan fingerprint density at radius 1 is 1.21 bits per heavy atom. The molecule has 0 amide bonds. The Labute approximate surface area is 116 Å². The van der Waals surface area contributed by atoms with E-state index in [9.17, 15) is 4.79 Å². The summed E-state index contributed by atoms with van der Waals surface area (Å²) in [5.41, 5.74) is 3.17. The van der Waals surface area contributed by atoms with Crippen LogP contribution in [0.5, 0.6) is 0 Å². The summed E-state index contributed by atoms with van der Waals surface area (Å²) in [7, 11) is 4.16. The van der Waals surface area contributed by atoms with Gasteiger partial charge in [0.05, 0.1) is 6.04 Å². The zero-order valence-corrected chi connectivity index (χ0v) is 12.4. The van der Waals surface area contributed by atoms with E-state index in [-0.39, 0.29) is 11.8 Å². The molecule has 104 valence electrons. The van der Waals surface area contributed by atoms with E-state index < -0.39 is 0 Å². The van der Waals surface area contributed by atoms with Gasteiger partial charge in [0, 0.05) is 12.1 Å². The van der Waals surface area contributed by atoms with E-state index in [1.165, 1.54) is 5.56 Å². The predicted octanol–water partition coefficient (Wildman–Crippen LogP) is 2.12. The average Bonchev–Trinajstić information content (AvgIpc) is 2.50. The van der Waals surface area contributed by atoms with E-state index in [1.54, 1.807) is 0 Å². The van der Waals surface area contributed by atoms with Crippen molar-refractivity contribution in [3.63, 3.8) is 0 Å². The van der Waals surface area contributed by atoms with Gasteiger partial charge in [-0.25, -0.2) is 0 Å². The molecule has 1 atom stereocenters. The van der Waals surface area contributed by atoms with E-state index in [2.05, 4.69) is 36.9 Å². The minimum atomic E-state index is -0.0195. The molecule has 0 aliphatic carbocycles. The van der Waals surface area contributed by atoms with Crippen LogP contribution in [-0.2, 0) is 0 Å². The number of ketones is 1. The van der Waals surface area contributed by atoms with Gasteiger partial charge >= 0.3 is 0 Å². The van der Waals surface area contributed by atoms with Gasteiger partial charge in [0.25, 0.3) is 0 Å². The Morgan fingerprint density at radius 2 is 1.95 bits per heavy atom. The van der Waals surface area contributed by atoms with Crippen molar-refractivity contribution in [2.24, 2.45) is 0 Å². The smallest absolute Gasteiger partial charge is 0.181 e. The second-order valence-electron chi connectivity index (χ2n) is 5.79. The molecule has 19 heavy (non-hydrogen) atoms. The molecule has 1 aliphatic rings. The highest BCUT2D eigenvalue weighted by atomic mass is 16.1. The van der Waals surface area contributed by atoms with Crippen molar-refractivity contribution in [1.82, 2.24) is 9.80 Å². The molecule has 0 spiro atoms. The summed E-state index contributed by atoms with van der Waals surface area (Å²) in [6, 6.07) is 6.08. The molecule has 0 aromatic heterocycles. The molecule has 0 bridgehead atoms. The second-order valence-corrected chi connectivity index (χ2v) is 5.79. The van der Waals surface area contributed by atoms with Gasteiger partial charge in [0.2, 0.25) is 0 Å². The zero-order chi connectivity index (χ0) is 14.0. The van der Waals surface area contributed by atoms with Gasteiger partial charge in [0.1, 0.15) is 0 Å². The number of hydrogen-bond acceptors (Lipinski definition) is 3. The lowest BCUT2D eigenvalue weighted by Gasteiger charge is -2.26. The van der Waals surface area contributed by atoms with Crippen molar-refractivity contribution in [2.75, 3.05) is 33.7 Å². The quantitative estimate of drug-likeness (QED) is 0.761. The van der Waals surface area contributed by atoms with Crippen molar-refractivity contribution < 1.29 is 4.79 Å². The molecule has 1 aromatic carbocycles. The lowest BCUT2D eigenvalue weighted by Crippen LogP contribution is -2.43. The summed E-state index contributed by atoms with van der Waals surface area (Å²) in [4.78, 5) is 17.2. The molecule has 2 rings (SSSR count). The third kappa shape index (κ3) is 3.23. The lowest BCUT2D eigenvalue weighted by atomic mass is 9.97. The topological polar surface area (TPSA) is 23.6 Å². The van der Waals surface area contributed by atoms with E-state index in [4.69, 9.17) is 0 Å². The van der Waals surface area contributed by atoms with Crippen LogP contribution in [0, 0.1) is 13.8 Å². The first kappa shape index (κ1) is 14.2. The summed E-state index contributed by atoms with van der Waals surface area (Å²) < 4.78 is 0. The monoisotopic (exact) mass is 260 g/mol. The molecular formula is C16H24N2O. The van der Waals surface area contributed by atoms with Crippen LogP contribution in [0.15, 0.2) is 18.2 Å². The molecule has 1 aromatic rings. The second kappa shape index (κ2) is 5.85. The number of nitrogens with zero attached hydrogens (tertiary/aromatic N) is 2. The van der Waals surface area contributed by atoms with Crippen molar-refractivity contribution in [1.29, 1.82) is 0 Å². The lowest BCUT2D eigenvalue weighted by molar-refractivity contribution is 0.0839. The van der Waals surface area contributed by atoms with Gasteiger partial charge in [-0.2, -0.15) is 0 Å². The molecule has 1 fully saturated rings. The summed E-state index contributed by atoms with van der Waals surface area (Å²) >= 11 is 0. The Morgan fingerprint density at radius 3 is 2.63 bits per heavy atom. The maximum absolute atomic E-state index is 12.8. The number of carbonyl (C=O) groups is 1. The summed E-state index contributed by atoms with van der Waals surface area (Å²) in [6.45, 7) is 6.97. The van der Waals surface area contributed by atoms with Gasteiger partial charge in [-0.15, -0.1) is 0 Å². The van der Waals surface area contributed by atoms with Crippen LogP contribution in [0.4, 0.5) is 0 Å². The first-order valence-electron chi connectivity index (χ1n) is 6.99. The molecule has 1 aliphatic heterocycles. The van der Waals surface area contributed by atoms with Crippen molar-refractivity contribution in [3.05, 3.63) is 34.9 Å². The predicted molar refractivity (Wildman–Crippen MR) is 78.8 cm³/mol. The Kier molecular flexibility index (Phi) is 4.38. The van der Waals surface area contributed by atoms with Crippen LogP contribution in [0.2, 0.25) is 0 Å². The zero-order valence-electron chi connectivity index (χ0n) is 12.4. The van der Waals surface area contributed by atoms with Crippen molar-refractivity contribution in [2.45, 2.75) is 26.3 Å². The SMILES string of the molecule is Cc1ccc(C(=O)C2CN(C)CCCN2C)c(C)c1. The van der Waals surface area contributed by atoms with E-state index in [0.717, 1.165) is 37.2 Å². The summed E-state index contributed by atoms with van der Waals surface area (Å²) in [5.74, 6) is 0.258. The number of likely N-dealkylation sites (N-methyl/N-ethyl adjacent to an activating group) is 2. The summed E-state index contributed by atoms with van der Waals surface area (Å²) in [6.07, 6.45) is 1.13. The first-order chi connectivity index (χ1) is 8.99. The Hall–Kier alpha value is -1.19. The molecular weight excluding hydrogens is 236 g/mol. The largest absolute Gasteiger partial charge is 0.304 e. The molecule has 0 radical (unpaired) electrons. The van der Waals surface area contributed by atoms with E-state index in [1.807, 2.05) is 19.1 Å².